The predicted molar refractivity (Wildman–Crippen MR) is 157 cm³/mol. The fraction of sp³-hybridized carbons (Fsp3) is 0.379. The lowest BCUT2D eigenvalue weighted by Crippen LogP contribution is -2.32. The molecule has 4 rings (SSSR count). The number of nitrogens with one attached hydrogen (secondary N) is 2. The zero-order chi connectivity index (χ0) is 31.2. The van der Waals surface area contributed by atoms with Crippen LogP contribution in [0.15, 0.2) is 52.1 Å². The summed E-state index contributed by atoms with van der Waals surface area (Å²) in [6.45, 7) is 7.92. The van der Waals surface area contributed by atoms with Gasteiger partial charge in [-0.2, -0.15) is 10.4 Å². The van der Waals surface area contributed by atoms with E-state index in [-0.39, 0.29) is 36.0 Å². The number of sulfonamides is 1. The number of ether oxygens (including phenoxy) is 3. The molecule has 2 N–H and O–H groups in total. The number of benzene rings is 2. The summed E-state index contributed by atoms with van der Waals surface area (Å²) >= 11 is 0. The van der Waals surface area contributed by atoms with Crippen LogP contribution in [0.2, 0.25) is 0 Å². The van der Waals surface area contributed by atoms with Gasteiger partial charge in [0.25, 0.3) is 10.0 Å². The van der Waals surface area contributed by atoms with Crippen LogP contribution in [0.3, 0.4) is 0 Å². The molecule has 0 radical (unpaired) electrons. The van der Waals surface area contributed by atoms with Crippen molar-refractivity contribution >= 4 is 32.9 Å². The van der Waals surface area contributed by atoms with Gasteiger partial charge in [-0.05, 0) is 62.6 Å². The summed E-state index contributed by atoms with van der Waals surface area (Å²) in [5.74, 6) is 0.429. The van der Waals surface area contributed by atoms with E-state index in [1.165, 1.54) is 13.2 Å². The van der Waals surface area contributed by atoms with Crippen LogP contribution in [0.5, 0.6) is 11.5 Å². The summed E-state index contributed by atoms with van der Waals surface area (Å²) in [4.78, 5) is 11.9. The van der Waals surface area contributed by atoms with Crippen LogP contribution in [-0.4, -0.2) is 48.8 Å². The maximum atomic E-state index is 13.5. The molecular weight excluding hydrogens is 576 g/mol. The van der Waals surface area contributed by atoms with E-state index >= 15 is 0 Å². The molecule has 228 valence electrons. The summed E-state index contributed by atoms with van der Waals surface area (Å²) < 4.78 is 53.1. The van der Waals surface area contributed by atoms with Gasteiger partial charge in [-0.3, -0.25) is 9.40 Å². The Morgan fingerprint density at radius 1 is 1.14 bits per heavy atom. The van der Waals surface area contributed by atoms with E-state index in [9.17, 15) is 13.2 Å². The Hall–Kier alpha value is -4.77. The average Bonchev–Trinajstić information content (AvgIpc) is 3.57. The molecule has 1 amide bonds. The highest BCUT2D eigenvalue weighted by Crippen LogP contribution is 2.36. The molecule has 0 spiro atoms. The Kier molecular flexibility index (Phi) is 9.45. The molecule has 2 aromatic heterocycles. The number of nitrogens with zero attached hydrogens (tertiary/aromatic N) is 4. The van der Waals surface area contributed by atoms with Crippen molar-refractivity contribution in [3.63, 3.8) is 0 Å². The fourth-order valence-corrected chi connectivity index (χ4v) is 5.36. The second-order valence-electron chi connectivity index (χ2n) is 10.6. The number of carbonyl (C=O) groups is 1. The number of aromatic nitrogens is 3. The van der Waals surface area contributed by atoms with Gasteiger partial charge in [0, 0.05) is 18.3 Å². The molecule has 2 heterocycles. The van der Waals surface area contributed by atoms with E-state index in [4.69, 9.17) is 24.0 Å². The van der Waals surface area contributed by atoms with Crippen molar-refractivity contribution in [2.24, 2.45) is 0 Å². The summed E-state index contributed by atoms with van der Waals surface area (Å²) in [7, 11) is -2.70. The quantitative estimate of drug-likeness (QED) is 0.213. The molecule has 14 heteroatoms. The molecule has 13 nitrogen and oxygen atoms in total. The summed E-state index contributed by atoms with van der Waals surface area (Å²) in [6.07, 6.45) is 3.63. The van der Waals surface area contributed by atoms with Crippen LogP contribution in [0, 0.1) is 11.3 Å². The third-order valence-corrected chi connectivity index (χ3v) is 7.45. The van der Waals surface area contributed by atoms with Crippen molar-refractivity contribution in [1.29, 1.82) is 5.26 Å². The maximum Gasteiger partial charge on any atom is 0.407 e. The lowest BCUT2D eigenvalue weighted by atomic mass is 10.1. The van der Waals surface area contributed by atoms with Gasteiger partial charge in [0.05, 0.1) is 32.3 Å². The summed E-state index contributed by atoms with van der Waals surface area (Å²) in [5.41, 5.74) is 2.04. The van der Waals surface area contributed by atoms with Gasteiger partial charge < -0.3 is 24.1 Å². The number of methoxy groups -OCH3 is 1. The lowest BCUT2D eigenvalue weighted by Gasteiger charge is -2.19. The second kappa shape index (κ2) is 13.0. The molecule has 4 aromatic rings. The van der Waals surface area contributed by atoms with Crippen LogP contribution in [0.4, 0.5) is 10.6 Å². The highest BCUT2D eigenvalue weighted by Gasteiger charge is 2.25. The summed E-state index contributed by atoms with van der Waals surface area (Å²) in [6, 6.07) is 10.3. The minimum Gasteiger partial charge on any atom is -0.496 e. The lowest BCUT2D eigenvalue weighted by molar-refractivity contribution is 0.0523. The van der Waals surface area contributed by atoms with Gasteiger partial charge in [-0.25, -0.2) is 13.2 Å². The van der Waals surface area contributed by atoms with Gasteiger partial charge in [0.15, 0.2) is 11.4 Å². The minimum absolute atomic E-state index is 0.0436. The topological polar surface area (TPSA) is 171 Å². The van der Waals surface area contributed by atoms with Gasteiger partial charge in [-0.1, -0.05) is 18.1 Å². The third-order valence-electron chi connectivity index (χ3n) is 6.09. The van der Waals surface area contributed by atoms with Crippen molar-refractivity contribution in [2.45, 2.75) is 64.1 Å². The van der Waals surface area contributed by atoms with Crippen molar-refractivity contribution in [3.8, 4) is 17.6 Å². The van der Waals surface area contributed by atoms with E-state index in [0.717, 1.165) is 16.7 Å². The highest BCUT2D eigenvalue weighted by atomic mass is 32.2. The zero-order valence-corrected chi connectivity index (χ0v) is 25.4. The largest absolute Gasteiger partial charge is 0.496 e. The van der Waals surface area contributed by atoms with Crippen molar-refractivity contribution in [2.75, 3.05) is 18.4 Å². The molecule has 0 saturated heterocycles. The van der Waals surface area contributed by atoms with Crippen molar-refractivity contribution in [3.05, 3.63) is 59.4 Å². The first-order valence-electron chi connectivity index (χ1n) is 13.5. The number of hydrogen-bond acceptors (Lipinski definition) is 10. The van der Waals surface area contributed by atoms with Gasteiger partial charge in [-0.15, -0.1) is 0 Å². The first-order valence-corrected chi connectivity index (χ1v) is 15.0. The van der Waals surface area contributed by atoms with Crippen LogP contribution in [0.25, 0.3) is 11.0 Å². The van der Waals surface area contributed by atoms with E-state index in [0.29, 0.717) is 29.7 Å². The van der Waals surface area contributed by atoms with Gasteiger partial charge in [0.1, 0.15) is 34.0 Å². The molecule has 0 fully saturated rings. The predicted octanol–water partition coefficient (Wildman–Crippen LogP) is 4.76. The van der Waals surface area contributed by atoms with Gasteiger partial charge >= 0.3 is 6.09 Å². The van der Waals surface area contributed by atoms with Crippen LogP contribution >= 0.6 is 0 Å². The fourth-order valence-electron chi connectivity index (χ4n) is 4.16. The number of nitriles is 1. The standard InChI is InChI=1S/C29H34N6O7S/c1-6-19-8-9-22(40-11-7-10-30)25(14-19)43(37,38)34-27-26-23(39-5)12-20(13-24(26)42-33-27)17-35-18-21(16-32-35)15-31-28(36)41-29(2,3)4/h8-9,12-14,16,18H,6-7,11,15,17H2,1-5H3,(H,31,36)(H,33,34). The Morgan fingerprint density at radius 3 is 2.63 bits per heavy atom. The van der Waals surface area contributed by atoms with E-state index < -0.39 is 21.7 Å². The number of anilines is 1. The first kappa shape index (κ1) is 31.2. The smallest absolute Gasteiger partial charge is 0.407 e. The number of amides is 1. The molecular formula is C29H34N6O7S. The first-order chi connectivity index (χ1) is 20.4. The monoisotopic (exact) mass is 610 g/mol. The second-order valence-corrected chi connectivity index (χ2v) is 12.3. The maximum absolute atomic E-state index is 13.5. The van der Waals surface area contributed by atoms with Crippen molar-refractivity contribution in [1.82, 2.24) is 20.3 Å². The van der Waals surface area contributed by atoms with Crippen molar-refractivity contribution < 1.29 is 31.9 Å². The van der Waals surface area contributed by atoms with E-state index in [2.05, 4.69) is 20.3 Å². The molecule has 43 heavy (non-hydrogen) atoms. The SMILES string of the molecule is CCc1ccc(OCCC#N)c(S(=O)(=O)Nc2noc3cc(Cn4cc(CNC(=O)OC(C)(C)C)cn4)cc(OC)c23)c1. The molecule has 0 aliphatic heterocycles. The Balaban J connectivity index is 1.54. The Labute approximate surface area is 249 Å². The third kappa shape index (κ3) is 7.95. The number of rotatable bonds is 12. The minimum atomic E-state index is -4.17. The molecule has 0 aliphatic carbocycles. The zero-order valence-electron chi connectivity index (χ0n) is 24.6. The number of carbonyl (C=O) groups excluding carboxylic acids is 1. The molecule has 0 unspecified atom stereocenters. The molecule has 0 saturated carbocycles. The number of aryl methyl sites for hydroxylation is 1. The Bertz CT molecular complexity index is 1750. The van der Waals surface area contributed by atoms with E-state index in [1.54, 1.807) is 62.1 Å². The molecule has 2 aromatic carbocycles. The normalized spacial score (nSPS) is 11.6. The molecule has 0 bridgehead atoms. The van der Waals surface area contributed by atoms with Crippen LogP contribution < -0.4 is 19.5 Å². The summed E-state index contributed by atoms with van der Waals surface area (Å²) in [5, 5.41) is 20.2. The van der Waals surface area contributed by atoms with E-state index in [1.807, 2.05) is 13.0 Å². The number of hydrogen-bond donors (Lipinski definition) is 2. The van der Waals surface area contributed by atoms with Crippen LogP contribution in [-0.2, 0) is 34.3 Å². The average molecular weight is 611 g/mol. The van der Waals surface area contributed by atoms with Gasteiger partial charge in [0.2, 0.25) is 0 Å². The number of fused-ring (bicyclic) bond motifs is 1. The Morgan fingerprint density at radius 2 is 1.93 bits per heavy atom. The number of alkyl carbamates (subject to hydrolysis) is 1. The highest BCUT2D eigenvalue weighted by molar-refractivity contribution is 7.92. The molecule has 0 aliphatic rings. The molecule has 0 atom stereocenters. The van der Waals surface area contributed by atoms with Crippen LogP contribution in [0.1, 0.15) is 50.8 Å².